The molecule has 1 aromatic carbocycles. The molecular weight excluding hydrogens is 326 g/mol. The van der Waals surface area contributed by atoms with Crippen molar-refractivity contribution >= 4 is 18.0 Å². The third-order valence-electron chi connectivity index (χ3n) is 3.22. The van der Waals surface area contributed by atoms with Crippen LogP contribution in [0.15, 0.2) is 30.3 Å². The lowest BCUT2D eigenvalue weighted by atomic mass is 10.0. The zero-order valence-electron chi connectivity index (χ0n) is 15.2. The number of carbonyl (C=O) groups excluding carboxylic acids is 3. The molecule has 1 aromatic rings. The standard InChI is InChI=1S/C18H25NO6/c1-12(15(20)24-11-13-9-7-6-8-10-13)14(16(21)23-5)19-17(22)25-18(2,3)4/h6-10,12,14H,11H2,1-5H3,(H,19,22)/t12?,14-/m1/s1. The van der Waals surface area contributed by atoms with Crippen molar-refractivity contribution in [2.24, 2.45) is 5.92 Å². The van der Waals surface area contributed by atoms with Crippen LogP contribution in [0.4, 0.5) is 4.79 Å². The minimum atomic E-state index is -1.21. The summed E-state index contributed by atoms with van der Waals surface area (Å²) in [4.78, 5) is 36.1. The summed E-state index contributed by atoms with van der Waals surface area (Å²) < 4.78 is 15.0. The summed E-state index contributed by atoms with van der Waals surface area (Å²) >= 11 is 0. The minimum Gasteiger partial charge on any atom is -0.467 e. The average Bonchev–Trinajstić information content (AvgIpc) is 2.55. The van der Waals surface area contributed by atoms with E-state index in [0.717, 1.165) is 5.56 Å². The molecule has 7 heteroatoms. The van der Waals surface area contributed by atoms with Gasteiger partial charge in [-0.15, -0.1) is 0 Å². The van der Waals surface area contributed by atoms with Crippen molar-refractivity contribution in [3.8, 4) is 0 Å². The Hall–Kier alpha value is -2.57. The summed E-state index contributed by atoms with van der Waals surface area (Å²) in [6.07, 6.45) is -0.814. The van der Waals surface area contributed by atoms with Crippen LogP contribution in [0.3, 0.4) is 0 Å². The smallest absolute Gasteiger partial charge is 0.408 e. The van der Waals surface area contributed by atoms with Crippen molar-refractivity contribution < 1.29 is 28.6 Å². The number of nitrogens with one attached hydrogen (secondary N) is 1. The molecule has 1 rings (SSSR count). The number of hydrogen-bond acceptors (Lipinski definition) is 6. The summed E-state index contributed by atoms with van der Waals surface area (Å²) in [6, 6.07) is 7.93. The number of benzene rings is 1. The fourth-order valence-corrected chi connectivity index (χ4v) is 1.95. The Morgan fingerprint density at radius 1 is 1.08 bits per heavy atom. The van der Waals surface area contributed by atoms with Crippen LogP contribution < -0.4 is 5.32 Å². The Morgan fingerprint density at radius 3 is 2.20 bits per heavy atom. The number of amides is 1. The average molecular weight is 351 g/mol. The number of alkyl carbamates (subject to hydrolysis) is 1. The fourth-order valence-electron chi connectivity index (χ4n) is 1.95. The zero-order chi connectivity index (χ0) is 19.0. The third kappa shape index (κ3) is 7.24. The van der Waals surface area contributed by atoms with Gasteiger partial charge in [-0.2, -0.15) is 0 Å². The SMILES string of the molecule is COC(=O)[C@H](NC(=O)OC(C)(C)C)C(C)C(=O)OCc1ccccc1. The second-order valence-corrected chi connectivity index (χ2v) is 6.53. The van der Waals surface area contributed by atoms with Crippen molar-refractivity contribution in [2.75, 3.05) is 7.11 Å². The van der Waals surface area contributed by atoms with Crippen LogP contribution in [0.1, 0.15) is 33.3 Å². The van der Waals surface area contributed by atoms with Crippen LogP contribution >= 0.6 is 0 Å². The number of esters is 2. The molecule has 0 spiro atoms. The van der Waals surface area contributed by atoms with E-state index in [0.29, 0.717) is 0 Å². The van der Waals surface area contributed by atoms with E-state index in [1.165, 1.54) is 14.0 Å². The molecule has 1 N–H and O–H groups in total. The van der Waals surface area contributed by atoms with Crippen molar-refractivity contribution in [2.45, 2.75) is 45.9 Å². The lowest BCUT2D eigenvalue weighted by Crippen LogP contribution is -2.49. The van der Waals surface area contributed by atoms with Gasteiger partial charge in [-0.1, -0.05) is 30.3 Å². The van der Waals surface area contributed by atoms with Gasteiger partial charge >= 0.3 is 18.0 Å². The second kappa shape index (κ2) is 9.05. The minimum absolute atomic E-state index is 0.0738. The van der Waals surface area contributed by atoms with Gasteiger partial charge in [0.05, 0.1) is 13.0 Å². The maximum Gasteiger partial charge on any atom is 0.408 e. The lowest BCUT2D eigenvalue weighted by molar-refractivity contribution is -0.156. The summed E-state index contributed by atoms with van der Waals surface area (Å²) in [7, 11) is 1.17. The molecular formula is C18H25NO6. The zero-order valence-corrected chi connectivity index (χ0v) is 15.2. The Balaban J connectivity index is 2.71. The first-order valence-electron chi connectivity index (χ1n) is 7.92. The van der Waals surface area contributed by atoms with Crippen molar-refractivity contribution in [3.05, 3.63) is 35.9 Å². The molecule has 1 amide bonds. The molecule has 0 radical (unpaired) electrons. The molecule has 0 fully saturated rings. The van der Waals surface area contributed by atoms with E-state index >= 15 is 0 Å². The maximum absolute atomic E-state index is 12.2. The molecule has 0 bridgehead atoms. The van der Waals surface area contributed by atoms with Gasteiger partial charge in [0.1, 0.15) is 18.2 Å². The summed E-state index contributed by atoms with van der Waals surface area (Å²) in [5.74, 6) is -2.32. The fraction of sp³-hybridized carbons (Fsp3) is 0.500. The predicted octanol–water partition coefficient (Wildman–Crippen LogP) is 2.43. The molecule has 0 aliphatic rings. The molecule has 7 nitrogen and oxygen atoms in total. The van der Waals surface area contributed by atoms with Gasteiger partial charge in [-0.3, -0.25) is 4.79 Å². The first-order chi connectivity index (χ1) is 11.6. The van der Waals surface area contributed by atoms with Gasteiger partial charge < -0.3 is 19.5 Å². The molecule has 0 aliphatic carbocycles. The van der Waals surface area contributed by atoms with E-state index in [4.69, 9.17) is 9.47 Å². The Kier molecular flexibility index (Phi) is 7.42. The van der Waals surface area contributed by atoms with E-state index in [1.54, 1.807) is 20.8 Å². The van der Waals surface area contributed by atoms with Crippen LogP contribution in [0.5, 0.6) is 0 Å². The Morgan fingerprint density at radius 2 is 1.68 bits per heavy atom. The first-order valence-corrected chi connectivity index (χ1v) is 7.92. The van der Waals surface area contributed by atoms with Gasteiger partial charge in [0.2, 0.25) is 0 Å². The highest BCUT2D eigenvalue weighted by Gasteiger charge is 2.35. The normalized spacial score (nSPS) is 13.3. The van der Waals surface area contributed by atoms with Crippen LogP contribution in [0.25, 0.3) is 0 Å². The molecule has 2 atom stereocenters. The highest BCUT2D eigenvalue weighted by atomic mass is 16.6. The molecule has 0 saturated heterocycles. The van der Waals surface area contributed by atoms with Crippen LogP contribution in [-0.4, -0.2) is 36.8 Å². The van der Waals surface area contributed by atoms with E-state index in [-0.39, 0.29) is 6.61 Å². The maximum atomic E-state index is 12.2. The predicted molar refractivity (Wildman–Crippen MR) is 90.6 cm³/mol. The van der Waals surface area contributed by atoms with Gasteiger partial charge in [0.15, 0.2) is 0 Å². The summed E-state index contributed by atoms with van der Waals surface area (Å²) in [6.45, 7) is 6.63. The number of carbonyl (C=O) groups is 3. The van der Waals surface area contributed by atoms with Crippen molar-refractivity contribution in [1.82, 2.24) is 5.32 Å². The van der Waals surface area contributed by atoms with E-state index < -0.39 is 35.6 Å². The number of rotatable bonds is 6. The molecule has 1 unspecified atom stereocenters. The largest absolute Gasteiger partial charge is 0.467 e. The van der Waals surface area contributed by atoms with E-state index in [2.05, 4.69) is 10.1 Å². The van der Waals surface area contributed by atoms with Gasteiger partial charge in [0.25, 0.3) is 0 Å². The quantitative estimate of drug-likeness (QED) is 0.625. The number of methoxy groups -OCH3 is 1. The second-order valence-electron chi connectivity index (χ2n) is 6.53. The number of hydrogen-bond donors (Lipinski definition) is 1. The molecule has 0 aliphatic heterocycles. The Bertz CT molecular complexity index is 593. The van der Waals surface area contributed by atoms with Gasteiger partial charge in [-0.05, 0) is 33.3 Å². The summed E-state index contributed by atoms with van der Waals surface area (Å²) in [5.41, 5.74) is 0.0831. The molecule has 0 heterocycles. The molecule has 0 aromatic heterocycles. The highest BCUT2D eigenvalue weighted by molar-refractivity contribution is 5.87. The van der Waals surface area contributed by atoms with Crippen LogP contribution in [0, 0.1) is 5.92 Å². The first kappa shape index (κ1) is 20.5. The van der Waals surface area contributed by atoms with E-state index in [9.17, 15) is 14.4 Å². The lowest BCUT2D eigenvalue weighted by Gasteiger charge is -2.25. The Labute approximate surface area is 147 Å². The topological polar surface area (TPSA) is 90.9 Å². The van der Waals surface area contributed by atoms with Crippen molar-refractivity contribution in [3.63, 3.8) is 0 Å². The number of ether oxygens (including phenoxy) is 3. The third-order valence-corrected chi connectivity index (χ3v) is 3.22. The molecule has 25 heavy (non-hydrogen) atoms. The summed E-state index contributed by atoms with van der Waals surface area (Å²) in [5, 5.41) is 2.37. The monoisotopic (exact) mass is 351 g/mol. The van der Waals surface area contributed by atoms with Crippen molar-refractivity contribution in [1.29, 1.82) is 0 Å². The van der Waals surface area contributed by atoms with Crippen LogP contribution in [0.2, 0.25) is 0 Å². The molecule has 138 valence electrons. The highest BCUT2D eigenvalue weighted by Crippen LogP contribution is 2.12. The molecule has 0 saturated carbocycles. The van der Waals surface area contributed by atoms with E-state index in [1.807, 2.05) is 30.3 Å². The van der Waals surface area contributed by atoms with Gasteiger partial charge in [0, 0.05) is 0 Å². The van der Waals surface area contributed by atoms with Crippen LogP contribution in [-0.2, 0) is 30.4 Å². The van der Waals surface area contributed by atoms with Gasteiger partial charge in [-0.25, -0.2) is 9.59 Å².